The van der Waals surface area contributed by atoms with Gasteiger partial charge in [-0.3, -0.25) is 4.79 Å². The Morgan fingerprint density at radius 3 is 2.79 bits per heavy atom. The van der Waals surface area contributed by atoms with Crippen LogP contribution in [0.1, 0.15) is 56.2 Å². The molecule has 0 bridgehead atoms. The zero-order valence-electron chi connectivity index (χ0n) is 11.1. The first-order valence-corrected chi connectivity index (χ1v) is 7.26. The standard InChI is InChI=1S/C14H20N2O3/c17-12(10-4-1-2-5-10)8-13-15-14(16-19-13)11-6-3-7-18-9-11/h10-11H,1-9H2. The van der Waals surface area contributed by atoms with Crippen LogP contribution in [0.5, 0.6) is 0 Å². The Balaban J connectivity index is 1.59. The molecule has 1 saturated heterocycles. The molecule has 1 saturated carbocycles. The Bertz CT molecular complexity index is 432. The summed E-state index contributed by atoms with van der Waals surface area (Å²) < 4.78 is 10.6. The Morgan fingerprint density at radius 1 is 1.21 bits per heavy atom. The van der Waals surface area contributed by atoms with E-state index in [4.69, 9.17) is 9.26 Å². The highest BCUT2D eigenvalue weighted by molar-refractivity contribution is 5.82. The molecule has 2 fully saturated rings. The first-order valence-electron chi connectivity index (χ1n) is 7.26. The van der Waals surface area contributed by atoms with E-state index in [2.05, 4.69) is 10.1 Å². The molecule has 0 amide bonds. The molecule has 1 aliphatic carbocycles. The molecule has 2 aliphatic rings. The van der Waals surface area contributed by atoms with Crippen LogP contribution in [0.4, 0.5) is 0 Å². The number of ether oxygens (including phenoxy) is 1. The molecule has 1 unspecified atom stereocenters. The Hall–Kier alpha value is -1.23. The molecule has 0 aromatic carbocycles. The predicted octanol–water partition coefficient (Wildman–Crippen LogP) is 2.27. The number of carbonyl (C=O) groups is 1. The van der Waals surface area contributed by atoms with Crippen molar-refractivity contribution in [3.63, 3.8) is 0 Å². The van der Waals surface area contributed by atoms with Crippen molar-refractivity contribution in [1.82, 2.24) is 10.1 Å². The second-order valence-corrected chi connectivity index (χ2v) is 5.58. The number of hydrogen-bond donors (Lipinski definition) is 0. The van der Waals surface area contributed by atoms with Gasteiger partial charge in [-0.2, -0.15) is 4.98 Å². The molecule has 2 heterocycles. The molecule has 1 aromatic heterocycles. The van der Waals surface area contributed by atoms with Gasteiger partial charge in [-0.1, -0.05) is 18.0 Å². The lowest BCUT2D eigenvalue weighted by molar-refractivity contribution is -0.122. The first-order chi connectivity index (χ1) is 9.33. The van der Waals surface area contributed by atoms with Gasteiger partial charge in [0, 0.05) is 18.4 Å². The van der Waals surface area contributed by atoms with Crippen LogP contribution in [0.15, 0.2) is 4.52 Å². The largest absolute Gasteiger partial charge is 0.381 e. The third-order valence-corrected chi connectivity index (χ3v) is 4.15. The van der Waals surface area contributed by atoms with Gasteiger partial charge < -0.3 is 9.26 Å². The van der Waals surface area contributed by atoms with Crippen molar-refractivity contribution >= 4 is 5.78 Å². The van der Waals surface area contributed by atoms with Gasteiger partial charge in [0.2, 0.25) is 5.89 Å². The maximum absolute atomic E-state index is 12.0. The van der Waals surface area contributed by atoms with E-state index in [1.807, 2.05) is 0 Å². The Morgan fingerprint density at radius 2 is 2.05 bits per heavy atom. The van der Waals surface area contributed by atoms with E-state index in [9.17, 15) is 4.79 Å². The third-order valence-electron chi connectivity index (χ3n) is 4.15. The minimum atomic E-state index is 0.216. The minimum Gasteiger partial charge on any atom is -0.381 e. The molecular formula is C14H20N2O3. The van der Waals surface area contributed by atoms with E-state index >= 15 is 0 Å². The Kier molecular flexibility index (Phi) is 3.92. The average molecular weight is 264 g/mol. The maximum Gasteiger partial charge on any atom is 0.234 e. The molecule has 0 spiro atoms. The zero-order chi connectivity index (χ0) is 13.1. The zero-order valence-corrected chi connectivity index (χ0v) is 11.1. The van der Waals surface area contributed by atoms with E-state index in [1.54, 1.807) is 0 Å². The van der Waals surface area contributed by atoms with Crippen LogP contribution in [0.3, 0.4) is 0 Å². The molecule has 19 heavy (non-hydrogen) atoms. The lowest BCUT2D eigenvalue weighted by atomic mass is 10.00. The summed E-state index contributed by atoms with van der Waals surface area (Å²) in [5, 5.41) is 4.00. The Labute approximate surface area is 112 Å². The quantitative estimate of drug-likeness (QED) is 0.834. The van der Waals surface area contributed by atoms with Gasteiger partial charge in [0.25, 0.3) is 0 Å². The smallest absolute Gasteiger partial charge is 0.234 e. The van der Waals surface area contributed by atoms with E-state index in [0.717, 1.165) is 32.3 Å². The number of Topliss-reactive ketones (excluding diaryl/α,β-unsaturated/α-hetero) is 1. The highest BCUT2D eigenvalue weighted by Gasteiger charge is 2.26. The summed E-state index contributed by atoms with van der Waals surface area (Å²) in [6.07, 6.45) is 6.76. The molecule has 1 atom stereocenters. The average Bonchev–Trinajstić information content (AvgIpc) is 3.11. The van der Waals surface area contributed by atoms with Crippen molar-refractivity contribution in [2.24, 2.45) is 5.92 Å². The van der Waals surface area contributed by atoms with Crippen molar-refractivity contribution in [2.75, 3.05) is 13.2 Å². The van der Waals surface area contributed by atoms with E-state index < -0.39 is 0 Å². The monoisotopic (exact) mass is 264 g/mol. The van der Waals surface area contributed by atoms with Crippen LogP contribution < -0.4 is 0 Å². The molecule has 1 aromatic rings. The fourth-order valence-corrected chi connectivity index (χ4v) is 2.99. The second kappa shape index (κ2) is 5.82. The van der Waals surface area contributed by atoms with E-state index in [-0.39, 0.29) is 17.6 Å². The summed E-state index contributed by atoms with van der Waals surface area (Å²) >= 11 is 0. The molecule has 1 aliphatic heterocycles. The maximum atomic E-state index is 12.0. The lowest BCUT2D eigenvalue weighted by Crippen LogP contribution is -2.17. The van der Waals surface area contributed by atoms with Gasteiger partial charge in [-0.15, -0.1) is 0 Å². The summed E-state index contributed by atoms with van der Waals surface area (Å²) in [5.41, 5.74) is 0. The number of hydrogen-bond acceptors (Lipinski definition) is 5. The summed E-state index contributed by atoms with van der Waals surface area (Å²) in [6, 6.07) is 0. The predicted molar refractivity (Wildman–Crippen MR) is 67.8 cm³/mol. The summed E-state index contributed by atoms with van der Waals surface area (Å²) in [6.45, 7) is 1.48. The third kappa shape index (κ3) is 3.03. The van der Waals surface area contributed by atoms with Gasteiger partial charge >= 0.3 is 0 Å². The van der Waals surface area contributed by atoms with Crippen LogP contribution in [-0.2, 0) is 16.0 Å². The number of rotatable bonds is 4. The molecule has 104 valence electrons. The number of ketones is 1. The first kappa shape index (κ1) is 12.8. The van der Waals surface area contributed by atoms with E-state index in [0.29, 0.717) is 24.7 Å². The normalized spacial score (nSPS) is 24.7. The molecule has 0 radical (unpaired) electrons. The van der Waals surface area contributed by atoms with Gasteiger partial charge in [-0.25, -0.2) is 0 Å². The molecule has 5 nitrogen and oxygen atoms in total. The van der Waals surface area contributed by atoms with Crippen LogP contribution in [0.25, 0.3) is 0 Å². The van der Waals surface area contributed by atoms with Crippen LogP contribution >= 0.6 is 0 Å². The lowest BCUT2D eigenvalue weighted by Gasteiger charge is -2.18. The summed E-state index contributed by atoms with van der Waals surface area (Å²) in [5.74, 6) is 1.88. The SMILES string of the molecule is O=C(Cc1nc(C2CCCOC2)no1)C1CCCC1. The van der Waals surface area contributed by atoms with Crippen molar-refractivity contribution in [3.05, 3.63) is 11.7 Å². The number of carbonyl (C=O) groups excluding carboxylic acids is 1. The highest BCUT2D eigenvalue weighted by Crippen LogP contribution is 2.27. The molecule has 3 rings (SSSR count). The van der Waals surface area contributed by atoms with Gasteiger partial charge in [0.05, 0.1) is 13.0 Å². The fourth-order valence-electron chi connectivity index (χ4n) is 2.99. The minimum absolute atomic E-state index is 0.216. The number of aromatic nitrogens is 2. The van der Waals surface area contributed by atoms with Gasteiger partial charge in [0.15, 0.2) is 5.82 Å². The molecular weight excluding hydrogens is 244 g/mol. The highest BCUT2D eigenvalue weighted by atomic mass is 16.5. The summed E-state index contributed by atoms with van der Waals surface area (Å²) in [7, 11) is 0. The second-order valence-electron chi connectivity index (χ2n) is 5.58. The number of nitrogens with zero attached hydrogens (tertiary/aromatic N) is 2. The topological polar surface area (TPSA) is 65.2 Å². The van der Waals surface area contributed by atoms with Crippen LogP contribution in [0.2, 0.25) is 0 Å². The molecule has 5 heteroatoms. The fraction of sp³-hybridized carbons (Fsp3) is 0.786. The van der Waals surface area contributed by atoms with Crippen molar-refractivity contribution < 1.29 is 14.1 Å². The van der Waals surface area contributed by atoms with Crippen LogP contribution in [0, 0.1) is 5.92 Å². The van der Waals surface area contributed by atoms with Crippen molar-refractivity contribution in [1.29, 1.82) is 0 Å². The molecule has 0 N–H and O–H groups in total. The van der Waals surface area contributed by atoms with Crippen LogP contribution in [-0.4, -0.2) is 29.1 Å². The summed E-state index contributed by atoms with van der Waals surface area (Å²) in [4.78, 5) is 16.4. The van der Waals surface area contributed by atoms with Crippen molar-refractivity contribution in [2.45, 2.75) is 50.9 Å². The van der Waals surface area contributed by atoms with Crippen molar-refractivity contribution in [3.8, 4) is 0 Å². The van der Waals surface area contributed by atoms with E-state index in [1.165, 1.54) is 12.8 Å². The van der Waals surface area contributed by atoms with Gasteiger partial charge in [0.1, 0.15) is 5.78 Å². The van der Waals surface area contributed by atoms with Gasteiger partial charge in [-0.05, 0) is 25.7 Å².